The first-order valence-electron chi connectivity index (χ1n) is 9.24. The molecule has 6 nitrogen and oxygen atoms in total. The minimum atomic E-state index is -3.12. The van der Waals surface area contributed by atoms with Gasteiger partial charge < -0.3 is 4.57 Å². The Hall–Kier alpha value is -1.70. The average Bonchev–Trinajstić information content (AvgIpc) is 3.03. The lowest BCUT2D eigenvalue weighted by molar-refractivity contribution is 0.128. The molecular weight excluding hydrogens is 348 g/mol. The molecular formula is C19H28N4O2S. The molecule has 26 heavy (non-hydrogen) atoms. The highest BCUT2D eigenvalue weighted by atomic mass is 32.2. The van der Waals surface area contributed by atoms with Gasteiger partial charge in [0.25, 0.3) is 0 Å². The minimum Gasteiger partial charge on any atom is -0.329 e. The Kier molecular flexibility index (Phi) is 6.45. The summed E-state index contributed by atoms with van der Waals surface area (Å²) >= 11 is 0. The van der Waals surface area contributed by atoms with E-state index in [1.54, 1.807) is 0 Å². The molecule has 1 fully saturated rings. The number of rotatable bonds is 8. The van der Waals surface area contributed by atoms with Gasteiger partial charge >= 0.3 is 0 Å². The summed E-state index contributed by atoms with van der Waals surface area (Å²) in [5.41, 5.74) is 1.26. The summed E-state index contributed by atoms with van der Waals surface area (Å²) in [7, 11) is -3.12. The smallest absolute Gasteiger partial charge is 0.208 e. The van der Waals surface area contributed by atoms with Crippen molar-refractivity contribution >= 4 is 10.0 Å². The molecule has 1 aromatic heterocycles. The van der Waals surface area contributed by atoms with Crippen LogP contribution in [0, 0.1) is 0 Å². The monoisotopic (exact) mass is 376 g/mol. The zero-order valence-corrected chi connectivity index (χ0v) is 16.2. The number of benzene rings is 1. The number of hydrogen-bond donors (Lipinski definition) is 1. The van der Waals surface area contributed by atoms with Gasteiger partial charge in [0.15, 0.2) is 0 Å². The molecule has 142 valence electrons. The Bertz CT molecular complexity index is 789. The second kappa shape index (κ2) is 8.79. The first-order chi connectivity index (χ1) is 12.5. The lowest BCUT2D eigenvalue weighted by Crippen LogP contribution is -2.41. The van der Waals surface area contributed by atoms with Gasteiger partial charge in [-0.3, -0.25) is 4.90 Å². The predicted octanol–water partition coefficient (Wildman–Crippen LogP) is 2.23. The Balaban J connectivity index is 1.62. The van der Waals surface area contributed by atoms with Gasteiger partial charge in [0.05, 0.1) is 12.8 Å². The van der Waals surface area contributed by atoms with E-state index < -0.39 is 10.0 Å². The Labute approximate surface area is 156 Å². The van der Waals surface area contributed by atoms with E-state index >= 15 is 0 Å². The number of hydrogen-bond acceptors (Lipinski definition) is 4. The molecule has 2 aromatic rings. The fourth-order valence-electron chi connectivity index (χ4n) is 3.60. The molecule has 0 spiro atoms. The Morgan fingerprint density at radius 1 is 1.19 bits per heavy atom. The third kappa shape index (κ3) is 5.65. The van der Waals surface area contributed by atoms with E-state index in [0.29, 0.717) is 12.6 Å². The van der Waals surface area contributed by atoms with Crippen LogP contribution in [0.2, 0.25) is 0 Å². The molecule has 1 unspecified atom stereocenters. The summed E-state index contributed by atoms with van der Waals surface area (Å²) in [6, 6.07) is 10.8. The van der Waals surface area contributed by atoms with Crippen LogP contribution in [-0.4, -0.2) is 48.3 Å². The van der Waals surface area contributed by atoms with Crippen LogP contribution in [0.1, 0.15) is 37.1 Å². The van der Waals surface area contributed by atoms with Crippen LogP contribution < -0.4 is 4.72 Å². The van der Waals surface area contributed by atoms with E-state index in [2.05, 4.69) is 43.4 Å². The van der Waals surface area contributed by atoms with Gasteiger partial charge in [-0.15, -0.1) is 0 Å². The van der Waals surface area contributed by atoms with Crippen LogP contribution in [0.4, 0.5) is 0 Å². The van der Waals surface area contributed by atoms with Gasteiger partial charge in [-0.2, -0.15) is 0 Å². The van der Waals surface area contributed by atoms with Crippen molar-refractivity contribution in [2.75, 3.05) is 19.3 Å². The fraction of sp³-hybridized carbons (Fsp3) is 0.526. The largest absolute Gasteiger partial charge is 0.329 e. The lowest BCUT2D eigenvalue weighted by atomic mass is 9.99. The highest BCUT2D eigenvalue weighted by Gasteiger charge is 2.23. The molecule has 1 N–H and O–H groups in total. The van der Waals surface area contributed by atoms with Crippen molar-refractivity contribution in [2.24, 2.45) is 0 Å². The van der Waals surface area contributed by atoms with Crippen LogP contribution >= 0.6 is 0 Å². The number of nitrogens with zero attached hydrogens (tertiary/aromatic N) is 3. The quantitative estimate of drug-likeness (QED) is 0.767. The minimum absolute atomic E-state index is 0.403. The normalized spacial score (nSPS) is 18.9. The summed E-state index contributed by atoms with van der Waals surface area (Å²) in [5, 5.41) is 0. The first-order valence-corrected chi connectivity index (χ1v) is 11.1. The molecule has 0 aliphatic carbocycles. The first kappa shape index (κ1) is 19.1. The van der Waals surface area contributed by atoms with E-state index in [9.17, 15) is 8.42 Å². The number of likely N-dealkylation sites (tertiary alicyclic amines) is 1. The summed E-state index contributed by atoms with van der Waals surface area (Å²) < 4.78 is 27.4. The average molecular weight is 377 g/mol. The van der Waals surface area contributed by atoms with Crippen molar-refractivity contribution in [3.63, 3.8) is 0 Å². The van der Waals surface area contributed by atoms with Gasteiger partial charge in [0.1, 0.15) is 5.82 Å². The number of aromatic nitrogens is 2. The molecule has 0 saturated carbocycles. The Morgan fingerprint density at radius 2 is 2.00 bits per heavy atom. The lowest BCUT2D eigenvalue weighted by Gasteiger charge is -2.35. The fourth-order valence-corrected chi connectivity index (χ4v) is 4.09. The second-order valence-electron chi connectivity index (χ2n) is 7.03. The zero-order valence-electron chi connectivity index (χ0n) is 15.3. The maximum Gasteiger partial charge on any atom is 0.208 e. The molecule has 2 heterocycles. The topological polar surface area (TPSA) is 67.2 Å². The summed E-state index contributed by atoms with van der Waals surface area (Å²) in [6.45, 7) is 3.17. The number of sulfonamides is 1. The predicted molar refractivity (Wildman–Crippen MR) is 103 cm³/mol. The maximum absolute atomic E-state index is 11.3. The van der Waals surface area contributed by atoms with Crippen LogP contribution in [-0.2, 0) is 23.1 Å². The zero-order chi connectivity index (χ0) is 18.4. The standard InChI is InChI=1S/C19H28N4O2S/c1-26(24,25)21-11-10-18-9-5-6-13-22(18)16-19-20-12-14-23(19)15-17-7-3-2-4-8-17/h2-4,7-8,12,14,18,21H,5-6,9-11,13,15-16H2,1H3. The van der Waals surface area contributed by atoms with E-state index in [1.165, 1.54) is 24.7 Å². The van der Waals surface area contributed by atoms with Crippen LogP contribution in [0.3, 0.4) is 0 Å². The highest BCUT2D eigenvalue weighted by molar-refractivity contribution is 7.88. The molecule has 1 saturated heterocycles. The van der Waals surface area contributed by atoms with Crippen molar-refractivity contribution < 1.29 is 8.42 Å². The van der Waals surface area contributed by atoms with Crippen molar-refractivity contribution in [3.8, 4) is 0 Å². The SMILES string of the molecule is CS(=O)(=O)NCCC1CCCCN1Cc1nccn1Cc1ccccc1. The molecule has 1 atom stereocenters. The summed E-state index contributed by atoms with van der Waals surface area (Å²) in [4.78, 5) is 7.03. The van der Waals surface area contributed by atoms with E-state index in [0.717, 1.165) is 38.3 Å². The van der Waals surface area contributed by atoms with Crippen molar-refractivity contribution in [3.05, 3.63) is 54.1 Å². The molecule has 3 rings (SSSR count). The maximum atomic E-state index is 11.3. The van der Waals surface area contributed by atoms with Gasteiger partial charge in [-0.1, -0.05) is 36.8 Å². The second-order valence-corrected chi connectivity index (χ2v) is 8.87. The number of piperidine rings is 1. The summed E-state index contributed by atoms with van der Waals surface area (Å²) in [6.07, 6.45) is 9.46. The third-order valence-corrected chi connectivity index (χ3v) is 5.66. The van der Waals surface area contributed by atoms with Crippen LogP contribution in [0.5, 0.6) is 0 Å². The van der Waals surface area contributed by atoms with E-state index in [4.69, 9.17) is 0 Å². The summed E-state index contributed by atoms with van der Waals surface area (Å²) in [5.74, 6) is 1.07. The number of imidazole rings is 1. The van der Waals surface area contributed by atoms with Crippen molar-refractivity contribution in [2.45, 2.75) is 44.8 Å². The Morgan fingerprint density at radius 3 is 2.77 bits per heavy atom. The molecule has 7 heteroatoms. The van der Waals surface area contributed by atoms with Gasteiger partial charge in [-0.25, -0.2) is 18.1 Å². The molecule has 1 aliphatic heterocycles. The third-order valence-electron chi connectivity index (χ3n) is 4.93. The molecule has 0 amide bonds. The highest BCUT2D eigenvalue weighted by Crippen LogP contribution is 2.21. The van der Waals surface area contributed by atoms with Gasteiger partial charge in [-0.05, 0) is 31.4 Å². The molecule has 1 aromatic carbocycles. The molecule has 0 radical (unpaired) electrons. The molecule has 1 aliphatic rings. The number of nitrogens with one attached hydrogen (secondary N) is 1. The van der Waals surface area contributed by atoms with E-state index in [-0.39, 0.29) is 0 Å². The van der Waals surface area contributed by atoms with Crippen molar-refractivity contribution in [1.82, 2.24) is 19.2 Å². The van der Waals surface area contributed by atoms with Crippen LogP contribution in [0.15, 0.2) is 42.7 Å². The molecule has 0 bridgehead atoms. The van der Waals surface area contributed by atoms with Crippen LogP contribution in [0.25, 0.3) is 0 Å². The van der Waals surface area contributed by atoms with Gasteiger partial charge in [0, 0.05) is 31.5 Å². The van der Waals surface area contributed by atoms with Crippen molar-refractivity contribution in [1.29, 1.82) is 0 Å². The van der Waals surface area contributed by atoms with Gasteiger partial charge in [0.2, 0.25) is 10.0 Å². The van der Waals surface area contributed by atoms with E-state index in [1.807, 2.05) is 18.5 Å².